The van der Waals surface area contributed by atoms with Gasteiger partial charge in [-0.3, -0.25) is 4.79 Å². The second-order valence-electron chi connectivity index (χ2n) is 4.60. The Labute approximate surface area is 127 Å². The summed E-state index contributed by atoms with van der Waals surface area (Å²) in [7, 11) is 0. The van der Waals surface area contributed by atoms with Crippen LogP contribution >= 0.6 is 11.3 Å². The first-order chi connectivity index (χ1) is 10.4. The average molecular weight is 322 g/mol. The molecule has 112 valence electrons. The number of hydrogen-bond donors (Lipinski definition) is 0. The number of thiophene rings is 1. The van der Waals surface area contributed by atoms with Gasteiger partial charge in [-0.15, -0.1) is 24.5 Å². The monoisotopic (exact) mass is 322 g/mol. The lowest BCUT2D eigenvalue weighted by Gasteiger charge is -2.10. The van der Waals surface area contributed by atoms with E-state index >= 15 is 0 Å². The molecule has 1 aromatic heterocycles. The first-order valence-corrected chi connectivity index (χ1v) is 7.11. The standard InChI is InChI=1S/C16H9F3O2S/c17-16(18,19)21-13-6-10(9-20)5-12(7-13)15-8-11-3-1-2-4-14(11)22-15/h1-9H. The van der Waals surface area contributed by atoms with Crippen molar-refractivity contribution in [1.82, 2.24) is 0 Å². The van der Waals surface area contributed by atoms with Gasteiger partial charge in [-0.1, -0.05) is 18.2 Å². The van der Waals surface area contributed by atoms with Gasteiger partial charge in [-0.2, -0.15) is 0 Å². The molecule has 0 bridgehead atoms. The first kappa shape index (κ1) is 14.6. The molecule has 0 atom stereocenters. The van der Waals surface area contributed by atoms with Crippen LogP contribution in [0.15, 0.2) is 48.5 Å². The van der Waals surface area contributed by atoms with Gasteiger partial charge in [0.25, 0.3) is 0 Å². The predicted octanol–water partition coefficient (Wildman–Crippen LogP) is 5.28. The van der Waals surface area contributed by atoms with Crippen LogP contribution in [0.5, 0.6) is 5.75 Å². The highest BCUT2D eigenvalue weighted by molar-refractivity contribution is 7.22. The van der Waals surface area contributed by atoms with Crippen molar-refractivity contribution in [3.63, 3.8) is 0 Å². The van der Waals surface area contributed by atoms with Crippen molar-refractivity contribution in [3.8, 4) is 16.2 Å². The smallest absolute Gasteiger partial charge is 0.406 e. The zero-order valence-electron chi connectivity index (χ0n) is 11.1. The minimum atomic E-state index is -4.79. The maximum absolute atomic E-state index is 12.4. The Balaban J connectivity index is 2.08. The Morgan fingerprint density at radius 3 is 2.50 bits per heavy atom. The highest BCUT2D eigenvalue weighted by Gasteiger charge is 2.31. The van der Waals surface area contributed by atoms with E-state index in [9.17, 15) is 18.0 Å². The fourth-order valence-corrected chi connectivity index (χ4v) is 3.20. The molecule has 0 aliphatic heterocycles. The molecule has 0 radical (unpaired) electrons. The van der Waals surface area contributed by atoms with Gasteiger partial charge in [-0.05, 0) is 41.3 Å². The third-order valence-electron chi connectivity index (χ3n) is 3.01. The molecule has 2 nitrogen and oxygen atoms in total. The van der Waals surface area contributed by atoms with Gasteiger partial charge in [0, 0.05) is 15.1 Å². The average Bonchev–Trinajstić information content (AvgIpc) is 2.89. The number of aldehydes is 1. The number of rotatable bonds is 3. The normalized spacial score (nSPS) is 11.6. The second kappa shape index (κ2) is 5.46. The van der Waals surface area contributed by atoms with E-state index in [0.717, 1.165) is 21.0 Å². The Morgan fingerprint density at radius 1 is 1.05 bits per heavy atom. The van der Waals surface area contributed by atoms with Gasteiger partial charge in [0.15, 0.2) is 0 Å². The van der Waals surface area contributed by atoms with Crippen molar-refractivity contribution in [2.75, 3.05) is 0 Å². The zero-order chi connectivity index (χ0) is 15.7. The molecule has 3 rings (SSSR count). The molecule has 0 saturated heterocycles. The molecule has 0 aliphatic carbocycles. The fraction of sp³-hybridized carbons (Fsp3) is 0.0625. The number of fused-ring (bicyclic) bond motifs is 1. The molecular weight excluding hydrogens is 313 g/mol. The van der Waals surface area contributed by atoms with E-state index in [4.69, 9.17) is 0 Å². The summed E-state index contributed by atoms with van der Waals surface area (Å²) in [5, 5.41) is 0.997. The minimum absolute atomic E-state index is 0.134. The van der Waals surface area contributed by atoms with Crippen molar-refractivity contribution >= 4 is 27.7 Å². The zero-order valence-corrected chi connectivity index (χ0v) is 11.9. The molecule has 0 spiro atoms. The number of halogens is 3. The van der Waals surface area contributed by atoms with E-state index < -0.39 is 12.1 Å². The summed E-state index contributed by atoms with van der Waals surface area (Å²) in [5.74, 6) is -0.399. The molecule has 0 saturated carbocycles. The molecule has 0 amide bonds. The van der Waals surface area contributed by atoms with Gasteiger partial charge in [0.2, 0.25) is 0 Å². The van der Waals surface area contributed by atoms with Crippen molar-refractivity contribution < 1.29 is 22.7 Å². The van der Waals surface area contributed by atoms with Crippen LogP contribution in [0.3, 0.4) is 0 Å². The van der Waals surface area contributed by atoms with Crippen LogP contribution < -0.4 is 4.74 Å². The van der Waals surface area contributed by atoms with Crippen molar-refractivity contribution in [2.45, 2.75) is 6.36 Å². The third kappa shape index (κ3) is 3.12. The highest BCUT2D eigenvalue weighted by atomic mass is 32.1. The van der Waals surface area contributed by atoms with E-state index in [1.165, 1.54) is 17.4 Å². The fourth-order valence-electron chi connectivity index (χ4n) is 2.15. The minimum Gasteiger partial charge on any atom is -0.406 e. The summed E-state index contributed by atoms with van der Waals surface area (Å²) in [6.07, 6.45) is -4.29. The molecule has 22 heavy (non-hydrogen) atoms. The van der Waals surface area contributed by atoms with Crippen LogP contribution in [-0.4, -0.2) is 12.6 Å². The quantitative estimate of drug-likeness (QED) is 0.613. The predicted molar refractivity (Wildman–Crippen MR) is 79.3 cm³/mol. The summed E-state index contributed by atoms with van der Waals surface area (Å²) in [6, 6.07) is 13.4. The van der Waals surface area contributed by atoms with Crippen LogP contribution in [-0.2, 0) is 0 Å². The van der Waals surface area contributed by atoms with E-state index in [1.807, 2.05) is 30.3 Å². The molecule has 0 fully saturated rings. The maximum atomic E-state index is 12.4. The Bertz CT molecular complexity index is 804. The van der Waals surface area contributed by atoms with E-state index in [-0.39, 0.29) is 5.56 Å². The number of benzene rings is 2. The number of ether oxygens (including phenoxy) is 1. The Morgan fingerprint density at radius 2 is 1.82 bits per heavy atom. The second-order valence-corrected chi connectivity index (χ2v) is 5.69. The highest BCUT2D eigenvalue weighted by Crippen LogP contribution is 2.36. The van der Waals surface area contributed by atoms with Crippen molar-refractivity contribution in [2.24, 2.45) is 0 Å². The summed E-state index contributed by atoms with van der Waals surface area (Å²) in [4.78, 5) is 11.7. The maximum Gasteiger partial charge on any atom is 0.573 e. The number of carbonyl (C=O) groups excluding carboxylic acids is 1. The molecule has 1 heterocycles. The van der Waals surface area contributed by atoms with Crippen LogP contribution in [0, 0.1) is 0 Å². The molecule has 3 aromatic rings. The van der Waals surface area contributed by atoms with E-state index in [1.54, 1.807) is 6.07 Å². The molecule has 0 aliphatic rings. The molecule has 2 aromatic carbocycles. The van der Waals surface area contributed by atoms with Gasteiger partial charge in [0.05, 0.1) is 0 Å². The molecule has 0 N–H and O–H groups in total. The lowest BCUT2D eigenvalue weighted by atomic mass is 10.1. The van der Waals surface area contributed by atoms with Gasteiger partial charge < -0.3 is 4.74 Å². The number of hydrogen-bond acceptors (Lipinski definition) is 3. The van der Waals surface area contributed by atoms with Crippen molar-refractivity contribution in [3.05, 3.63) is 54.1 Å². The summed E-state index contributed by atoms with van der Waals surface area (Å²) >= 11 is 1.44. The first-order valence-electron chi connectivity index (χ1n) is 6.29. The molecule has 0 unspecified atom stereocenters. The summed E-state index contributed by atoms with van der Waals surface area (Å²) < 4.78 is 42.1. The topological polar surface area (TPSA) is 26.3 Å². The molecular formula is C16H9F3O2S. The Hall–Kier alpha value is -2.34. The summed E-state index contributed by atoms with van der Waals surface area (Å²) in [6.45, 7) is 0. The SMILES string of the molecule is O=Cc1cc(OC(F)(F)F)cc(-c2cc3ccccc3s2)c1. The summed E-state index contributed by atoms with van der Waals surface area (Å²) in [5.41, 5.74) is 0.652. The Kier molecular flexibility index (Phi) is 3.62. The number of carbonyl (C=O) groups is 1. The number of alkyl halides is 3. The van der Waals surface area contributed by atoms with E-state index in [0.29, 0.717) is 11.8 Å². The van der Waals surface area contributed by atoms with Crippen molar-refractivity contribution in [1.29, 1.82) is 0 Å². The van der Waals surface area contributed by atoms with Crippen LogP contribution in [0.25, 0.3) is 20.5 Å². The van der Waals surface area contributed by atoms with Crippen LogP contribution in [0.1, 0.15) is 10.4 Å². The lowest BCUT2D eigenvalue weighted by molar-refractivity contribution is -0.274. The van der Waals surface area contributed by atoms with Gasteiger partial charge >= 0.3 is 6.36 Å². The van der Waals surface area contributed by atoms with E-state index in [2.05, 4.69) is 4.74 Å². The van der Waals surface area contributed by atoms with Gasteiger partial charge in [-0.25, -0.2) is 0 Å². The third-order valence-corrected chi connectivity index (χ3v) is 4.17. The van der Waals surface area contributed by atoms with Gasteiger partial charge in [0.1, 0.15) is 12.0 Å². The molecule has 6 heteroatoms. The van der Waals surface area contributed by atoms with Crippen LogP contribution in [0.2, 0.25) is 0 Å². The lowest BCUT2D eigenvalue weighted by Crippen LogP contribution is -2.17. The van der Waals surface area contributed by atoms with Crippen LogP contribution in [0.4, 0.5) is 13.2 Å². The largest absolute Gasteiger partial charge is 0.573 e.